The van der Waals surface area contributed by atoms with Crippen LogP contribution in [-0.4, -0.2) is 35.6 Å². The van der Waals surface area contributed by atoms with Crippen LogP contribution in [0.15, 0.2) is 0 Å². The molecule has 136 valence electrons. The average Bonchev–Trinajstić information content (AvgIpc) is 2.53. The summed E-state index contributed by atoms with van der Waals surface area (Å²) in [5.74, 6) is 0.207. The minimum absolute atomic E-state index is 0.0106. The largest absolute Gasteiger partial charge is 0.470 e. The van der Waals surface area contributed by atoms with Gasteiger partial charge in [-0.15, -0.1) is 0 Å². The highest BCUT2D eigenvalue weighted by molar-refractivity contribution is 7.80. The number of thiocarbonyl (C=S) groups is 1. The van der Waals surface area contributed by atoms with Gasteiger partial charge < -0.3 is 9.64 Å². The summed E-state index contributed by atoms with van der Waals surface area (Å²) < 4.78 is 5.67. The number of nitrogens with zero attached hydrogens (tertiary/aromatic N) is 1. The Morgan fingerprint density at radius 2 is 1.48 bits per heavy atom. The van der Waals surface area contributed by atoms with Crippen molar-refractivity contribution in [3.05, 3.63) is 0 Å². The maximum absolute atomic E-state index is 11.8. The van der Waals surface area contributed by atoms with Crippen molar-refractivity contribution in [1.82, 2.24) is 4.90 Å². The van der Waals surface area contributed by atoms with Crippen LogP contribution in [0.3, 0.4) is 0 Å². The minimum atomic E-state index is -0.0106. The minimum Gasteiger partial charge on any atom is -0.470 e. The molecule has 0 saturated heterocycles. The van der Waals surface area contributed by atoms with Crippen molar-refractivity contribution in [2.75, 3.05) is 19.7 Å². The van der Waals surface area contributed by atoms with Gasteiger partial charge in [0.1, 0.15) is 12.4 Å². The molecule has 0 aliphatic heterocycles. The van der Waals surface area contributed by atoms with E-state index in [1.165, 1.54) is 44.9 Å². The second-order valence-corrected chi connectivity index (χ2v) is 6.67. The van der Waals surface area contributed by atoms with Crippen LogP contribution in [0.25, 0.3) is 0 Å². The quantitative estimate of drug-likeness (QED) is 0.313. The molecule has 0 aromatic carbocycles. The molecule has 0 spiro atoms. The van der Waals surface area contributed by atoms with Crippen LogP contribution < -0.4 is 0 Å². The van der Waals surface area contributed by atoms with Crippen molar-refractivity contribution in [3.63, 3.8) is 0 Å². The predicted molar refractivity (Wildman–Crippen MR) is 103 cm³/mol. The first kappa shape index (κ1) is 22.4. The van der Waals surface area contributed by atoms with Crippen molar-refractivity contribution in [1.29, 1.82) is 0 Å². The Hall–Kier alpha value is -0.640. The van der Waals surface area contributed by atoms with Gasteiger partial charge in [-0.1, -0.05) is 58.3 Å². The molecule has 0 bridgehead atoms. The van der Waals surface area contributed by atoms with E-state index in [1.807, 2.05) is 4.90 Å². The van der Waals surface area contributed by atoms with Gasteiger partial charge in [0, 0.05) is 13.1 Å². The summed E-state index contributed by atoms with van der Waals surface area (Å²) in [5, 5.41) is 0.525. The summed E-state index contributed by atoms with van der Waals surface area (Å²) in [6.45, 7) is 10.1. The molecule has 0 heterocycles. The monoisotopic (exact) mass is 343 g/mol. The van der Waals surface area contributed by atoms with Gasteiger partial charge in [-0.05, 0) is 39.4 Å². The summed E-state index contributed by atoms with van der Waals surface area (Å²) in [6.07, 6.45) is 11.2. The zero-order valence-corrected chi connectivity index (χ0v) is 16.6. The lowest BCUT2D eigenvalue weighted by Gasteiger charge is -2.23. The summed E-state index contributed by atoms with van der Waals surface area (Å²) in [6, 6.07) is 0. The standard InChI is InChI=1S/C19H37NO2S/c1-5-8-9-10-11-12-13-14-15-18(17(4)21)16-22-19(23)20(6-2)7-3/h18H,5-16H2,1-4H3. The van der Waals surface area contributed by atoms with Crippen LogP contribution in [-0.2, 0) is 9.53 Å². The zero-order valence-electron chi connectivity index (χ0n) is 15.7. The van der Waals surface area contributed by atoms with Gasteiger partial charge in [-0.2, -0.15) is 0 Å². The van der Waals surface area contributed by atoms with Gasteiger partial charge in [0.25, 0.3) is 5.17 Å². The zero-order chi connectivity index (χ0) is 17.5. The molecular weight excluding hydrogens is 306 g/mol. The molecule has 0 rings (SSSR count). The van der Waals surface area contributed by atoms with E-state index in [9.17, 15) is 4.79 Å². The van der Waals surface area contributed by atoms with Gasteiger partial charge in [-0.3, -0.25) is 4.79 Å². The normalized spacial score (nSPS) is 12.0. The topological polar surface area (TPSA) is 29.5 Å². The Bertz CT molecular complexity index is 316. The average molecular weight is 344 g/mol. The first-order valence-electron chi connectivity index (χ1n) is 9.48. The fraction of sp³-hybridized carbons (Fsp3) is 0.895. The van der Waals surface area contributed by atoms with Gasteiger partial charge in [0.2, 0.25) is 0 Å². The fourth-order valence-electron chi connectivity index (χ4n) is 2.67. The first-order valence-corrected chi connectivity index (χ1v) is 9.89. The van der Waals surface area contributed by atoms with Crippen molar-refractivity contribution in [2.24, 2.45) is 5.92 Å². The Balaban J connectivity index is 3.87. The van der Waals surface area contributed by atoms with Gasteiger partial charge >= 0.3 is 0 Å². The predicted octanol–water partition coefficient (Wildman–Crippen LogP) is 5.37. The number of ketones is 1. The number of hydrogen-bond acceptors (Lipinski definition) is 3. The van der Waals surface area contributed by atoms with E-state index in [0.29, 0.717) is 11.8 Å². The molecule has 1 unspecified atom stereocenters. The lowest BCUT2D eigenvalue weighted by Crippen LogP contribution is -2.33. The molecule has 0 aliphatic carbocycles. The molecule has 0 aromatic rings. The van der Waals surface area contributed by atoms with Crippen LogP contribution >= 0.6 is 12.2 Å². The van der Waals surface area contributed by atoms with E-state index in [2.05, 4.69) is 20.8 Å². The first-order chi connectivity index (χ1) is 11.1. The van der Waals surface area contributed by atoms with Crippen molar-refractivity contribution in [3.8, 4) is 0 Å². The van der Waals surface area contributed by atoms with Crippen molar-refractivity contribution < 1.29 is 9.53 Å². The van der Waals surface area contributed by atoms with E-state index < -0.39 is 0 Å². The Morgan fingerprint density at radius 3 is 1.96 bits per heavy atom. The number of carbonyl (C=O) groups is 1. The molecule has 4 heteroatoms. The number of carbonyl (C=O) groups excluding carboxylic acids is 1. The smallest absolute Gasteiger partial charge is 0.259 e. The molecule has 3 nitrogen and oxygen atoms in total. The van der Waals surface area contributed by atoms with Crippen LogP contribution in [0, 0.1) is 5.92 Å². The van der Waals surface area contributed by atoms with E-state index in [4.69, 9.17) is 17.0 Å². The van der Waals surface area contributed by atoms with E-state index in [0.717, 1.165) is 25.9 Å². The Kier molecular flexibility index (Phi) is 14.5. The molecule has 1 atom stereocenters. The van der Waals surface area contributed by atoms with Crippen molar-refractivity contribution >= 4 is 23.2 Å². The number of ether oxygens (including phenoxy) is 1. The summed E-state index contributed by atoms with van der Waals surface area (Å²) in [5.41, 5.74) is 0. The third-order valence-electron chi connectivity index (χ3n) is 4.41. The van der Waals surface area contributed by atoms with Crippen LogP contribution in [0.2, 0.25) is 0 Å². The summed E-state index contributed by atoms with van der Waals surface area (Å²) in [4.78, 5) is 13.8. The highest BCUT2D eigenvalue weighted by Gasteiger charge is 2.16. The Labute approximate surface area is 149 Å². The fourth-order valence-corrected chi connectivity index (χ4v) is 3.00. The molecule has 0 N–H and O–H groups in total. The molecule has 0 aliphatic rings. The third-order valence-corrected chi connectivity index (χ3v) is 4.79. The van der Waals surface area contributed by atoms with Crippen LogP contribution in [0.4, 0.5) is 0 Å². The molecule has 0 aromatic heterocycles. The van der Waals surface area contributed by atoms with E-state index in [1.54, 1.807) is 6.92 Å². The Morgan fingerprint density at radius 1 is 0.957 bits per heavy atom. The molecule has 0 radical (unpaired) electrons. The van der Waals surface area contributed by atoms with Gasteiger partial charge in [0.15, 0.2) is 0 Å². The number of Topliss-reactive ketones (excluding diaryl/α,β-unsaturated/α-hetero) is 1. The molecule has 0 amide bonds. The molecule has 23 heavy (non-hydrogen) atoms. The highest BCUT2D eigenvalue weighted by atomic mass is 32.1. The van der Waals surface area contributed by atoms with Crippen LogP contribution in [0.5, 0.6) is 0 Å². The van der Waals surface area contributed by atoms with Gasteiger partial charge in [0.05, 0.1) is 5.92 Å². The SMILES string of the molecule is CCCCCCCCCCC(COC(=S)N(CC)CC)C(C)=O. The second kappa shape index (κ2) is 14.9. The maximum Gasteiger partial charge on any atom is 0.259 e. The lowest BCUT2D eigenvalue weighted by molar-refractivity contribution is -0.122. The highest BCUT2D eigenvalue weighted by Crippen LogP contribution is 2.15. The maximum atomic E-state index is 11.8. The number of rotatable bonds is 14. The molecule has 0 saturated carbocycles. The van der Waals surface area contributed by atoms with E-state index in [-0.39, 0.29) is 11.7 Å². The van der Waals surface area contributed by atoms with Crippen molar-refractivity contribution in [2.45, 2.75) is 85.5 Å². The lowest BCUT2D eigenvalue weighted by atomic mass is 9.97. The number of unbranched alkanes of at least 4 members (excludes halogenated alkanes) is 7. The second-order valence-electron chi connectivity index (χ2n) is 6.32. The van der Waals surface area contributed by atoms with E-state index >= 15 is 0 Å². The number of hydrogen-bond donors (Lipinski definition) is 0. The third kappa shape index (κ3) is 11.5. The van der Waals surface area contributed by atoms with Crippen LogP contribution in [0.1, 0.15) is 85.5 Å². The molecule has 0 fully saturated rings. The summed E-state index contributed by atoms with van der Waals surface area (Å²) >= 11 is 5.28. The van der Waals surface area contributed by atoms with Gasteiger partial charge in [-0.25, -0.2) is 0 Å². The summed E-state index contributed by atoms with van der Waals surface area (Å²) in [7, 11) is 0. The molecular formula is C19H37NO2S.